The van der Waals surface area contributed by atoms with Gasteiger partial charge in [-0.3, -0.25) is 0 Å². The zero-order valence-corrected chi connectivity index (χ0v) is 9.26. The molecule has 6 heteroatoms. The minimum atomic E-state index is -3.33. The van der Waals surface area contributed by atoms with E-state index in [1.54, 1.807) is 20.8 Å². The average molecular weight is 209 g/mol. The van der Waals surface area contributed by atoms with Crippen LogP contribution in [0.15, 0.2) is 0 Å². The molecule has 3 N–H and O–H groups in total. The molecule has 0 fully saturated rings. The summed E-state index contributed by atoms with van der Waals surface area (Å²) in [4.78, 5) is 0. The van der Waals surface area contributed by atoms with Crippen molar-refractivity contribution in [3.05, 3.63) is 0 Å². The Morgan fingerprint density at radius 3 is 2.15 bits per heavy atom. The summed E-state index contributed by atoms with van der Waals surface area (Å²) < 4.78 is 26.9. The highest BCUT2D eigenvalue weighted by atomic mass is 32.2. The van der Waals surface area contributed by atoms with E-state index in [1.165, 1.54) is 4.31 Å². The first-order valence-electron chi connectivity index (χ1n) is 4.45. The van der Waals surface area contributed by atoms with Crippen LogP contribution in [0.1, 0.15) is 20.8 Å². The van der Waals surface area contributed by atoms with Crippen molar-refractivity contribution in [2.45, 2.75) is 26.8 Å². The van der Waals surface area contributed by atoms with Crippen LogP contribution in [0.5, 0.6) is 0 Å². The predicted molar refractivity (Wildman–Crippen MR) is 53.5 cm³/mol. The third-order valence-electron chi connectivity index (χ3n) is 1.75. The van der Waals surface area contributed by atoms with E-state index in [9.17, 15) is 8.42 Å². The molecule has 1 unspecified atom stereocenters. The highest BCUT2D eigenvalue weighted by Gasteiger charge is 2.19. The standard InChI is InChI=1S/C7H19N3O2S/c1-4-10(5-2)13(11,12)9-7(3)6-8/h7,9H,4-6,8H2,1-3H3. The maximum Gasteiger partial charge on any atom is 0.279 e. The van der Waals surface area contributed by atoms with Gasteiger partial charge in [-0.05, 0) is 6.92 Å². The molecule has 1 atom stereocenters. The van der Waals surface area contributed by atoms with E-state index in [0.717, 1.165) is 0 Å². The third-order valence-corrected chi connectivity index (χ3v) is 3.65. The Hall–Kier alpha value is -0.170. The minimum absolute atomic E-state index is 0.217. The predicted octanol–water partition coefficient (Wildman–Crippen LogP) is -0.490. The second-order valence-electron chi connectivity index (χ2n) is 2.84. The fraction of sp³-hybridized carbons (Fsp3) is 1.00. The Balaban J connectivity index is 4.38. The van der Waals surface area contributed by atoms with Crippen LogP contribution in [0.25, 0.3) is 0 Å². The molecule has 0 aliphatic heterocycles. The molecule has 0 aliphatic carbocycles. The van der Waals surface area contributed by atoms with Gasteiger partial charge in [0.15, 0.2) is 0 Å². The molecule has 0 aromatic carbocycles. The molecule has 0 amide bonds. The Morgan fingerprint density at radius 2 is 1.85 bits per heavy atom. The third kappa shape index (κ3) is 4.04. The number of nitrogens with one attached hydrogen (secondary N) is 1. The molecule has 0 saturated carbocycles. The summed E-state index contributed by atoms with van der Waals surface area (Å²) in [5.74, 6) is 0. The Bertz CT molecular complexity index is 224. The summed E-state index contributed by atoms with van der Waals surface area (Å²) in [7, 11) is -3.33. The summed E-state index contributed by atoms with van der Waals surface area (Å²) >= 11 is 0. The Morgan fingerprint density at radius 1 is 1.38 bits per heavy atom. The average Bonchev–Trinajstić information content (AvgIpc) is 2.05. The largest absolute Gasteiger partial charge is 0.329 e. The first-order valence-corrected chi connectivity index (χ1v) is 5.89. The first kappa shape index (κ1) is 12.8. The van der Waals surface area contributed by atoms with E-state index < -0.39 is 10.2 Å². The van der Waals surface area contributed by atoms with Gasteiger partial charge in [-0.15, -0.1) is 0 Å². The molecule has 0 aromatic rings. The number of hydrogen-bond acceptors (Lipinski definition) is 3. The van der Waals surface area contributed by atoms with Crippen LogP contribution in [0.4, 0.5) is 0 Å². The number of rotatable bonds is 6. The maximum absolute atomic E-state index is 11.5. The monoisotopic (exact) mass is 209 g/mol. The lowest BCUT2D eigenvalue weighted by Crippen LogP contribution is -2.46. The molecule has 0 rings (SSSR count). The molecule has 13 heavy (non-hydrogen) atoms. The van der Waals surface area contributed by atoms with Crippen molar-refractivity contribution >= 4 is 10.2 Å². The molecule has 0 spiro atoms. The van der Waals surface area contributed by atoms with Crippen LogP contribution >= 0.6 is 0 Å². The van der Waals surface area contributed by atoms with Crippen molar-refractivity contribution in [1.82, 2.24) is 9.03 Å². The highest BCUT2D eigenvalue weighted by molar-refractivity contribution is 7.87. The van der Waals surface area contributed by atoms with Gasteiger partial charge in [0.05, 0.1) is 0 Å². The summed E-state index contributed by atoms with van der Waals surface area (Å²) in [6.07, 6.45) is 0. The van der Waals surface area contributed by atoms with Crippen molar-refractivity contribution < 1.29 is 8.42 Å². The van der Waals surface area contributed by atoms with Gasteiger partial charge < -0.3 is 5.73 Å². The van der Waals surface area contributed by atoms with E-state index in [1.807, 2.05) is 0 Å². The quantitative estimate of drug-likeness (QED) is 0.620. The van der Waals surface area contributed by atoms with Crippen molar-refractivity contribution in [2.75, 3.05) is 19.6 Å². The zero-order valence-electron chi connectivity index (χ0n) is 8.45. The van der Waals surface area contributed by atoms with Crippen LogP contribution in [0.3, 0.4) is 0 Å². The van der Waals surface area contributed by atoms with Crippen molar-refractivity contribution in [3.63, 3.8) is 0 Å². The van der Waals surface area contributed by atoms with Crippen molar-refractivity contribution in [2.24, 2.45) is 5.73 Å². The minimum Gasteiger partial charge on any atom is -0.329 e. The molecule has 0 aliphatic rings. The smallest absolute Gasteiger partial charge is 0.279 e. The van der Waals surface area contributed by atoms with Crippen molar-refractivity contribution in [3.8, 4) is 0 Å². The van der Waals surface area contributed by atoms with E-state index in [0.29, 0.717) is 19.6 Å². The van der Waals surface area contributed by atoms with Crippen LogP contribution < -0.4 is 10.5 Å². The molecule has 0 bridgehead atoms. The number of nitrogens with two attached hydrogens (primary N) is 1. The van der Waals surface area contributed by atoms with Crippen LogP contribution in [0, 0.1) is 0 Å². The van der Waals surface area contributed by atoms with Gasteiger partial charge in [0.1, 0.15) is 0 Å². The molecule has 0 radical (unpaired) electrons. The van der Waals surface area contributed by atoms with Crippen LogP contribution in [-0.4, -0.2) is 38.4 Å². The van der Waals surface area contributed by atoms with Crippen LogP contribution in [-0.2, 0) is 10.2 Å². The molecule has 80 valence electrons. The van der Waals surface area contributed by atoms with E-state index in [-0.39, 0.29) is 6.04 Å². The molecule has 0 aromatic heterocycles. The molecule has 0 heterocycles. The van der Waals surface area contributed by atoms with Crippen LogP contribution in [0.2, 0.25) is 0 Å². The molecule has 0 saturated heterocycles. The number of nitrogens with zero attached hydrogens (tertiary/aromatic N) is 1. The van der Waals surface area contributed by atoms with Crippen molar-refractivity contribution in [1.29, 1.82) is 0 Å². The lowest BCUT2D eigenvalue weighted by molar-refractivity contribution is 0.428. The second kappa shape index (κ2) is 5.54. The first-order chi connectivity index (χ1) is 5.97. The SMILES string of the molecule is CCN(CC)S(=O)(=O)NC(C)CN. The summed E-state index contributed by atoms with van der Waals surface area (Å²) in [6.45, 7) is 6.60. The van der Waals surface area contributed by atoms with Gasteiger partial charge in [0, 0.05) is 25.7 Å². The fourth-order valence-electron chi connectivity index (χ4n) is 0.940. The maximum atomic E-state index is 11.5. The Kier molecular flexibility index (Phi) is 5.46. The van der Waals surface area contributed by atoms with Gasteiger partial charge in [0.2, 0.25) is 0 Å². The van der Waals surface area contributed by atoms with Gasteiger partial charge in [0.25, 0.3) is 10.2 Å². The van der Waals surface area contributed by atoms with Gasteiger partial charge in [-0.2, -0.15) is 17.4 Å². The second-order valence-corrected chi connectivity index (χ2v) is 4.55. The van der Waals surface area contributed by atoms with E-state index in [4.69, 9.17) is 5.73 Å². The summed E-state index contributed by atoms with van der Waals surface area (Å²) in [5.41, 5.74) is 5.32. The number of hydrogen-bond donors (Lipinski definition) is 2. The van der Waals surface area contributed by atoms with Gasteiger partial charge in [-0.25, -0.2) is 0 Å². The Labute approximate surface area is 80.5 Å². The topological polar surface area (TPSA) is 75.4 Å². The fourth-order valence-corrected chi connectivity index (χ4v) is 2.37. The molecular formula is C7H19N3O2S. The van der Waals surface area contributed by atoms with E-state index >= 15 is 0 Å². The van der Waals surface area contributed by atoms with E-state index in [2.05, 4.69) is 4.72 Å². The lowest BCUT2D eigenvalue weighted by Gasteiger charge is -2.21. The summed E-state index contributed by atoms with van der Waals surface area (Å²) in [5, 5.41) is 0. The molecular weight excluding hydrogens is 190 g/mol. The van der Waals surface area contributed by atoms with Gasteiger partial charge >= 0.3 is 0 Å². The molecule has 5 nitrogen and oxygen atoms in total. The van der Waals surface area contributed by atoms with Gasteiger partial charge in [-0.1, -0.05) is 13.8 Å². The highest BCUT2D eigenvalue weighted by Crippen LogP contribution is 1.97. The lowest BCUT2D eigenvalue weighted by atomic mass is 10.4. The normalized spacial score (nSPS) is 14.8. The summed E-state index contributed by atoms with van der Waals surface area (Å²) in [6, 6.07) is -0.217. The zero-order chi connectivity index (χ0) is 10.5.